The Morgan fingerprint density at radius 3 is 2.79 bits per heavy atom. The largest absolute Gasteiger partial charge is 0.465 e. The number of aliphatic hydroxyl groups is 2. The van der Waals surface area contributed by atoms with E-state index in [2.05, 4.69) is 4.98 Å². The van der Waals surface area contributed by atoms with Crippen LogP contribution in [0.5, 0.6) is 0 Å². The number of pyridine rings is 1. The summed E-state index contributed by atoms with van der Waals surface area (Å²) in [4.78, 5) is 18.3. The standard InChI is InChI=1S/C17H24N2O5/c1-16(22)11-17(24-10-13(16)20)5-8-19(9-6-17)14-12(15(21)23-2)4-3-7-18-14/h3-4,7,13,20,22H,5-6,8-11H2,1-2H3/t13-,16-/m0/s1. The quantitative estimate of drug-likeness (QED) is 0.770. The first-order valence-corrected chi connectivity index (χ1v) is 8.20. The fourth-order valence-electron chi connectivity index (χ4n) is 3.62. The monoisotopic (exact) mass is 336 g/mol. The molecular weight excluding hydrogens is 312 g/mol. The summed E-state index contributed by atoms with van der Waals surface area (Å²) >= 11 is 0. The van der Waals surface area contributed by atoms with Crippen molar-refractivity contribution in [2.45, 2.75) is 43.5 Å². The molecule has 2 N–H and O–H groups in total. The van der Waals surface area contributed by atoms with Gasteiger partial charge in [0.1, 0.15) is 17.5 Å². The first-order valence-electron chi connectivity index (χ1n) is 8.20. The highest BCUT2D eigenvalue weighted by Crippen LogP contribution is 2.40. The molecule has 2 aliphatic heterocycles. The van der Waals surface area contributed by atoms with Gasteiger partial charge in [-0.1, -0.05) is 0 Å². The number of esters is 1. The van der Waals surface area contributed by atoms with Crippen molar-refractivity contribution in [2.24, 2.45) is 0 Å². The summed E-state index contributed by atoms with van der Waals surface area (Å²) in [7, 11) is 1.35. The third kappa shape index (κ3) is 3.11. The van der Waals surface area contributed by atoms with Crippen LogP contribution in [-0.4, -0.2) is 65.3 Å². The lowest BCUT2D eigenvalue weighted by Crippen LogP contribution is -2.59. The Balaban J connectivity index is 1.73. The normalized spacial score (nSPS) is 29.5. The lowest BCUT2D eigenvalue weighted by molar-refractivity contribution is -0.216. The predicted octanol–water partition coefficient (Wildman–Crippen LogP) is 0.739. The number of hydrogen-bond donors (Lipinski definition) is 2. The van der Waals surface area contributed by atoms with E-state index < -0.39 is 23.3 Å². The summed E-state index contributed by atoms with van der Waals surface area (Å²) in [5, 5.41) is 20.2. The van der Waals surface area contributed by atoms with Gasteiger partial charge in [-0.3, -0.25) is 0 Å². The van der Waals surface area contributed by atoms with E-state index in [-0.39, 0.29) is 6.61 Å². The number of piperidine rings is 1. The predicted molar refractivity (Wildman–Crippen MR) is 87.0 cm³/mol. The molecule has 1 spiro atoms. The molecule has 0 unspecified atom stereocenters. The summed E-state index contributed by atoms with van der Waals surface area (Å²) in [5.74, 6) is 0.208. The molecule has 0 amide bonds. The molecule has 2 saturated heterocycles. The van der Waals surface area contributed by atoms with E-state index in [1.807, 2.05) is 4.90 Å². The maximum Gasteiger partial charge on any atom is 0.341 e. The Morgan fingerprint density at radius 1 is 1.46 bits per heavy atom. The fraction of sp³-hybridized carbons (Fsp3) is 0.647. The highest BCUT2D eigenvalue weighted by atomic mass is 16.5. The number of anilines is 1. The molecule has 0 aliphatic carbocycles. The molecule has 0 saturated carbocycles. The van der Waals surface area contributed by atoms with Gasteiger partial charge >= 0.3 is 5.97 Å². The Kier molecular flexibility index (Phi) is 4.50. The lowest BCUT2D eigenvalue weighted by atomic mass is 9.76. The number of methoxy groups -OCH3 is 1. The molecule has 2 fully saturated rings. The average molecular weight is 336 g/mol. The molecule has 24 heavy (non-hydrogen) atoms. The SMILES string of the molecule is COC(=O)c1cccnc1N1CCC2(CC1)C[C@](C)(O)[C@@H](O)CO2. The maximum absolute atomic E-state index is 11.9. The summed E-state index contributed by atoms with van der Waals surface area (Å²) in [6.45, 7) is 3.12. The molecule has 7 heteroatoms. The molecular formula is C17H24N2O5. The third-order valence-electron chi connectivity index (χ3n) is 5.11. The van der Waals surface area contributed by atoms with Crippen molar-refractivity contribution >= 4 is 11.8 Å². The van der Waals surface area contributed by atoms with Crippen LogP contribution in [0.2, 0.25) is 0 Å². The number of ether oxygens (including phenoxy) is 2. The van der Waals surface area contributed by atoms with Gasteiger partial charge in [-0.2, -0.15) is 0 Å². The van der Waals surface area contributed by atoms with Gasteiger partial charge in [0.15, 0.2) is 0 Å². The molecule has 0 bridgehead atoms. The van der Waals surface area contributed by atoms with Crippen molar-refractivity contribution < 1.29 is 24.5 Å². The van der Waals surface area contributed by atoms with Crippen molar-refractivity contribution in [3.63, 3.8) is 0 Å². The molecule has 1 aromatic heterocycles. The van der Waals surface area contributed by atoms with Crippen LogP contribution in [0.1, 0.15) is 36.5 Å². The van der Waals surface area contributed by atoms with Gasteiger partial charge in [0, 0.05) is 25.7 Å². The summed E-state index contributed by atoms with van der Waals surface area (Å²) in [5.41, 5.74) is -1.12. The van der Waals surface area contributed by atoms with Gasteiger partial charge in [-0.15, -0.1) is 0 Å². The van der Waals surface area contributed by atoms with Gasteiger partial charge in [-0.25, -0.2) is 9.78 Å². The highest BCUT2D eigenvalue weighted by Gasteiger charge is 2.48. The number of carbonyl (C=O) groups is 1. The van der Waals surface area contributed by atoms with Crippen LogP contribution in [-0.2, 0) is 9.47 Å². The zero-order chi connectivity index (χ0) is 17.4. The van der Waals surface area contributed by atoms with Crippen molar-refractivity contribution in [3.8, 4) is 0 Å². The number of nitrogens with zero attached hydrogens (tertiary/aromatic N) is 2. The van der Waals surface area contributed by atoms with E-state index in [9.17, 15) is 15.0 Å². The minimum absolute atomic E-state index is 0.143. The van der Waals surface area contributed by atoms with Crippen LogP contribution in [0.15, 0.2) is 18.3 Å². The molecule has 132 valence electrons. The van der Waals surface area contributed by atoms with Gasteiger partial charge in [-0.05, 0) is 31.9 Å². The Bertz CT molecular complexity index is 611. The van der Waals surface area contributed by atoms with E-state index in [1.54, 1.807) is 25.3 Å². The van der Waals surface area contributed by atoms with E-state index in [0.717, 1.165) is 0 Å². The van der Waals surface area contributed by atoms with Crippen LogP contribution < -0.4 is 4.90 Å². The highest BCUT2D eigenvalue weighted by molar-refractivity contribution is 5.94. The van der Waals surface area contributed by atoms with Gasteiger partial charge in [0.25, 0.3) is 0 Å². The summed E-state index contributed by atoms with van der Waals surface area (Å²) in [6.07, 6.45) is 2.61. The number of aliphatic hydroxyl groups excluding tert-OH is 1. The van der Waals surface area contributed by atoms with E-state index >= 15 is 0 Å². The Morgan fingerprint density at radius 2 is 2.17 bits per heavy atom. The Hall–Kier alpha value is -1.70. The number of hydrogen-bond acceptors (Lipinski definition) is 7. The number of aromatic nitrogens is 1. The maximum atomic E-state index is 11.9. The van der Waals surface area contributed by atoms with Crippen molar-refractivity contribution in [1.29, 1.82) is 0 Å². The first kappa shape index (κ1) is 17.1. The van der Waals surface area contributed by atoms with Crippen molar-refractivity contribution in [3.05, 3.63) is 23.9 Å². The first-order chi connectivity index (χ1) is 11.4. The second-order valence-electron chi connectivity index (χ2n) is 6.90. The number of carbonyl (C=O) groups excluding carboxylic acids is 1. The lowest BCUT2D eigenvalue weighted by Gasteiger charge is -2.50. The molecule has 7 nitrogen and oxygen atoms in total. The Labute approximate surface area is 141 Å². The molecule has 3 heterocycles. The van der Waals surface area contributed by atoms with E-state index in [1.165, 1.54) is 7.11 Å². The molecule has 2 atom stereocenters. The molecule has 0 radical (unpaired) electrons. The molecule has 3 rings (SSSR count). The minimum Gasteiger partial charge on any atom is -0.465 e. The van der Waals surface area contributed by atoms with Gasteiger partial charge < -0.3 is 24.6 Å². The van der Waals surface area contributed by atoms with Gasteiger partial charge in [0.05, 0.1) is 24.9 Å². The van der Waals surface area contributed by atoms with Crippen LogP contribution >= 0.6 is 0 Å². The second-order valence-corrected chi connectivity index (χ2v) is 6.90. The fourth-order valence-corrected chi connectivity index (χ4v) is 3.62. The zero-order valence-corrected chi connectivity index (χ0v) is 14.1. The van der Waals surface area contributed by atoms with E-state index in [0.29, 0.717) is 43.7 Å². The van der Waals surface area contributed by atoms with Crippen LogP contribution in [0, 0.1) is 0 Å². The van der Waals surface area contributed by atoms with E-state index in [4.69, 9.17) is 9.47 Å². The average Bonchev–Trinajstić information content (AvgIpc) is 2.58. The molecule has 2 aliphatic rings. The van der Waals surface area contributed by atoms with Crippen molar-refractivity contribution in [1.82, 2.24) is 4.98 Å². The van der Waals surface area contributed by atoms with Crippen molar-refractivity contribution in [2.75, 3.05) is 31.7 Å². The smallest absolute Gasteiger partial charge is 0.341 e. The summed E-state index contributed by atoms with van der Waals surface area (Å²) < 4.78 is 10.7. The number of rotatable bonds is 2. The molecule has 0 aromatic carbocycles. The van der Waals surface area contributed by atoms with Crippen LogP contribution in [0.4, 0.5) is 5.82 Å². The topological polar surface area (TPSA) is 92.1 Å². The minimum atomic E-state index is -1.14. The molecule has 1 aromatic rings. The van der Waals surface area contributed by atoms with Gasteiger partial charge in [0.2, 0.25) is 0 Å². The van der Waals surface area contributed by atoms with Crippen LogP contribution in [0.3, 0.4) is 0 Å². The van der Waals surface area contributed by atoms with Crippen LogP contribution in [0.25, 0.3) is 0 Å². The summed E-state index contributed by atoms with van der Waals surface area (Å²) in [6, 6.07) is 3.42. The zero-order valence-electron chi connectivity index (χ0n) is 14.1. The third-order valence-corrected chi connectivity index (χ3v) is 5.11. The second kappa shape index (κ2) is 6.31.